The highest BCUT2D eigenvalue weighted by Gasteiger charge is 2.27. The Balaban J connectivity index is 2.57. The molecule has 18 heavy (non-hydrogen) atoms. The van der Waals surface area contributed by atoms with Crippen LogP contribution in [0.2, 0.25) is 0 Å². The topological polar surface area (TPSA) is 26.0 Å². The van der Waals surface area contributed by atoms with Crippen molar-refractivity contribution >= 4 is 0 Å². The maximum absolute atomic E-state index is 14.0. The largest absolute Gasteiger partial charge is 0.318 e. The van der Waals surface area contributed by atoms with Gasteiger partial charge >= 0.3 is 0 Å². The van der Waals surface area contributed by atoms with E-state index in [0.717, 1.165) is 16.7 Å². The third-order valence-electron chi connectivity index (χ3n) is 3.30. The highest BCUT2D eigenvalue weighted by atomic mass is 19.1. The molecule has 2 aromatic carbocycles. The van der Waals surface area contributed by atoms with Gasteiger partial charge in [0.1, 0.15) is 5.82 Å². The average Bonchev–Trinajstić information content (AvgIpc) is 2.32. The monoisotopic (exact) mass is 243 g/mol. The summed E-state index contributed by atoms with van der Waals surface area (Å²) in [5, 5.41) is 0. The van der Waals surface area contributed by atoms with Crippen LogP contribution >= 0.6 is 0 Å². The predicted octanol–water partition coefficient (Wildman–Crippen LogP) is 3.66. The summed E-state index contributed by atoms with van der Waals surface area (Å²) in [6.45, 7) is 5.79. The summed E-state index contributed by atoms with van der Waals surface area (Å²) >= 11 is 0. The van der Waals surface area contributed by atoms with Gasteiger partial charge in [0.15, 0.2) is 0 Å². The smallest absolute Gasteiger partial charge is 0.128 e. The zero-order valence-electron chi connectivity index (χ0n) is 11.0. The maximum Gasteiger partial charge on any atom is 0.128 e. The molecule has 0 amide bonds. The van der Waals surface area contributed by atoms with Crippen molar-refractivity contribution in [2.45, 2.75) is 26.3 Å². The molecule has 2 rings (SSSR count). The minimum absolute atomic E-state index is 0.257. The van der Waals surface area contributed by atoms with Crippen LogP contribution in [-0.2, 0) is 5.54 Å². The number of nitrogens with two attached hydrogens (primary N) is 1. The SMILES string of the molecule is Cc1cccc(C(C)(N)c2cc(C)ccc2F)c1. The molecular formula is C16H18FN. The van der Waals surface area contributed by atoms with Gasteiger partial charge in [-0.25, -0.2) is 4.39 Å². The van der Waals surface area contributed by atoms with Crippen molar-refractivity contribution in [1.82, 2.24) is 0 Å². The second-order valence-corrected chi connectivity index (χ2v) is 5.06. The Labute approximate surface area is 107 Å². The van der Waals surface area contributed by atoms with E-state index in [1.807, 2.05) is 51.1 Å². The molecule has 2 N–H and O–H groups in total. The molecule has 1 atom stereocenters. The summed E-state index contributed by atoms with van der Waals surface area (Å²) in [6, 6.07) is 12.9. The lowest BCUT2D eigenvalue weighted by Gasteiger charge is -2.27. The van der Waals surface area contributed by atoms with Gasteiger partial charge in [-0.3, -0.25) is 0 Å². The van der Waals surface area contributed by atoms with Gasteiger partial charge in [0, 0.05) is 5.56 Å². The van der Waals surface area contributed by atoms with E-state index < -0.39 is 5.54 Å². The van der Waals surface area contributed by atoms with Crippen molar-refractivity contribution in [3.05, 3.63) is 70.5 Å². The predicted molar refractivity (Wildman–Crippen MR) is 73.0 cm³/mol. The van der Waals surface area contributed by atoms with E-state index in [9.17, 15) is 4.39 Å². The van der Waals surface area contributed by atoms with Crippen LogP contribution < -0.4 is 5.73 Å². The number of hydrogen-bond acceptors (Lipinski definition) is 1. The lowest BCUT2D eigenvalue weighted by molar-refractivity contribution is 0.530. The summed E-state index contributed by atoms with van der Waals surface area (Å²) < 4.78 is 14.0. The molecule has 0 saturated heterocycles. The molecule has 0 fully saturated rings. The van der Waals surface area contributed by atoms with Crippen LogP contribution in [0.3, 0.4) is 0 Å². The van der Waals surface area contributed by atoms with Gasteiger partial charge in [0.25, 0.3) is 0 Å². The third kappa shape index (κ3) is 2.29. The van der Waals surface area contributed by atoms with E-state index >= 15 is 0 Å². The van der Waals surface area contributed by atoms with Gasteiger partial charge in [-0.15, -0.1) is 0 Å². The first-order valence-corrected chi connectivity index (χ1v) is 6.04. The molecule has 2 aromatic rings. The first-order valence-electron chi connectivity index (χ1n) is 6.04. The molecule has 1 nitrogen and oxygen atoms in total. The second-order valence-electron chi connectivity index (χ2n) is 5.06. The third-order valence-corrected chi connectivity index (χ3v) is 3.30. The molecule has 0 aliphatic carbocycles. The van der Waals surface area contributed by atoms with Gasteiger partial charge in [0.05, 0.1) is 5.54 Å². The Kier molecular flexibility index (Phi) is 3.22. The van der Waals surface area contributed by atoms with Crippen molar-refractivity contribution in [2.75, 3.05) is 0 Å². The molecule has 2 heteroatoms. The Morgan fingerprint density at radius 3 is 2.33 bits per heavy atom. The molecule has 0 aliphatic rings. The summed E-state index contributed by atoms with van der Waals surface area (Å²) in [5.41, 5.74) is 9.13. The van der Waals surface area contributed by atoms with Crippen LogP contribution in [0.4, 0.5) is 4.39 Å². The molecule has 0 bridgehead atoms. The van der Waals surface area contributed by atoms with Crippen LogP contribution in [0.1, 0.15) is 29.2 Å². The van der Waals surface area contributed by atoms with Crippen LogP contribution in [0.5, 0.6) is 0 Å². The fourth-order valence-corrected chi connectivity index (χ4v) is 2.16. The summed E-state index contributed by atoms with van der Waals surface area (Å²) in [6.07, 6.45) is 0. The molecule has 0 aromatic heterocycles. The van der Waals surface area contributed by atoms with Gasteiger partial charge in [-0.05, 0) is 32.4 Å². The Morgan fingerprint density at radius 2 is 1.67 bits per heavy atom. The van der Waals surface area contributed by atoms with E-state index in [-0.39, 0.29) is 5.82 Å². The Morgan fingerprint density at radius 1 is 1.00 bits per heavy atom. The highest BCUT2D eigenvalue weighted by Crippen LogP contribution is 2.29. The van der Waals surface area contributed by atoms with E-state index in [1.165, 1.54) is 6.07 Å². The van der Waals surface area contributed by atoms with Crippen LogP contribution in [0, 0.1) is 19.7 Å². The maximum atomic E-state index is 14.0. The number of hydrogen-bond donors (Lipinski definition) is 1. The van der Waals surface area contributed by atoms with Gasteiger partial charge in [0.2, 0.25) is 0 Å². The fourth-order valence-electron chi connectivity index (χ4n) is 2.16. The van der Waals surface area contributed by atoms with Gasteiger partial charge < -0.3 is 5.73 Å². The quantitative estimate of drug-likeness (QED) is 0.855. The highest BCUT2D eigenvalue weighted by molar-refractivity contribution is 5.40. The van der Waals surface area contributed by atoms with Gasteiger partial charge in [-0.2, -0.15) is 0 Å². The summed E-state index contributed by atoms with van der Waals surface area (Å²) in [5.74, 6) is -0.257. The standard InChI is InChI=1S/C16H18FN/c1-11-5-4-6-13(9-11)16(3,18)14-10-12(2)7-8-15(14)17/h4-10H,18H2,1-3H3. The molecule has 0 spiro atoms. The van der Waals surface area contributed by atoms with Crippen LogP contribution in [0.15, 0.2) is 42.5 Å². The molecule has 1 unspecified atom stereocenters. The molecule has 0 aliphatic heterocycles. The normalized spacial score (nSPS) is 14.3. The van der Waals surface area contributed by atoms with Crippen molar-refractivity contribution < 1.29 is 4.39 Å². The number of benzene rings is 2. The van der Waals surface area contributed by atoms with Crippen LogP contribution in [-0.4, -0.2) is 0 Å². The zero-order chi connectivity index (χ0) is 13.3. The Bertz CT molecular complexity index is 573. The van der Waals surface area contributed by atoms with Crippen molar-refractivity contribution in [3.63, 3.8) is 0 Å². The number of halogens is 1. The van der Waals surface area contributed by atoms with E-state index in [2.05, 4.69) is 0 Å². The first kappa shape index (κ1) is 12.8. The van der Waals surface area contributed by atoms with E-state index in [0.29, 0.717) is 5.56 Å². The lowest BCUT2D eigenvalue weighted by Crippen LogP contribution is -2.35. The van der Waals surface area contributed by atoms with Crippen molar-refractivity contribution in [1.29, 1.82) is 0 Å². The minimum Gasteiger partial charge on any atom is -0.318 e. The first-order chi connectivity index (χ1) is 8.41. The summed E-state index contributed by atoms with van der Waals surface area (Å²) in [7, 11) is 0. The van der Waals surface area contributed by atoms with Crippen LogP contribution in [0.25, 0.3) is 0 Å². The average molecular weight is 243 g/mol. The summed E-state index contributed by atoms with van der Waals surface area (Å²) in [4.78, 5) is 0. The molecular weight excluding hydrogens is 225 g/mol. The minimum atomic E-state index is -0.817. The van der Waals surface area contributed by atoms with E-state index in [4.69, 9.17) is 5.73 Å². The number of rotatable bonds is 2. The van der Waals surface area contributed by atoms with E-state index in [1.54, 1.807) is 6.07 Å². The van der Waals surface area contributed by atoms with Crippen molar-refractivity contribution in [2.24, 2.45) is 5.73 Å². The van der Waals surface area contributed by atoms with Crippen molar-refractivity contribution in [3.8, 4) is 0 Å². The Hall–Kier alpha value is -1.67. The van der Waals surface area contributed by atoms with Gasteiger partial charge in [-0.1, -0.05) is 47.5 Å². The zero-order valence-corrected chi connectivity index (χ0v) is 11.0. The number of aryl methyl sites for hydroxylation is 2. The fraction of sp³-hybridized carbons (Fsp3) is 0.250. The molecule has 0 radical (unpaired) electrons. The molecule has 0 saturated carbocycles. The molecule has 0 heterocycles. The molecule has 94 valence electrons. The lowest BCUT2D eigenvalue weighted by atomic mass is 9.84. The second kappa shape index (κ2) is 4.54.